The van der Waals surface area contributed by atoms with Gasteiger partial charge in [0.1, 0.15) is 11.9 Å². The SMILES string of the molecule is Cc1ccccc1O[C@H](CCN(C)C(=O)CCC(=O)O)c1ccccc1. The average molecular weight is 355 g/mol. The van der Waals surface area contributed by atoms with Gasteiger partial charge in [0.05, 0.1) is 6.42 Å². The summed E-state index contributed by atoms with van der Waals surface area (Å²) in [5, 5.41) is 8.71. The van der Waals surface area contributed by atoms with E-state index in [1.54, 1.807) is 11.9 Å². The molecular weight excluding hydrogens is 330 g/mol. The fraction of sp³-hybridized carbons (Fsp3) is 0.333. The Hall–Kier alpha value is -2.82. The molecule has 5 heteroatoms. The largest absolute Gasteiger partial charge is 0.485 e. The number of amides is 1. The number of ether oxygens (including phenoxy) is 1. The summed E-state index contributed by atoms with van der Waals surface area (Å²) in [6, 6.07) is 17.7. The first-order valence-electron chi connectivity index (χ1n) is 8.70. The summed E-state index contributed by atoms with van der Waals surface area (Å²) in [5.41, 5.74) is 2.10. The number of carboxylic acid groups (broad SMARTS) is 1. The summed E-state index contributed by atoms with van der Waals surface area (Å²) in [6.45, 7) is 2.49. The molecule has 5 nitrogen and oxygen atoms in total. The molecule has 0 fully saturated rings. The molecule has 0 spiro atoms. The van der Waals surface area contributed by atoms with E-state index in [0.717, 1.165) is 16.9 Å². The van der Waals surface area contributed by atoms with Gasteiger partial charge in [-0.1, -0.05) is 48.5 Å². The van der Waals surface area contributed by atoms with Crippen molar-refractivity contribution < 1.29 is 19.4 Å². The Morgan fingerprint density at radius 3 is 2.35 bits per heavy atom. The van der Waals surface area contributed by atoms with Gasteiger partial charge in [-0.3, -0.25) is 9.59 Å². The Morgan fingerprint density at radius 2 is 1.69 bits per heavy atom. The predicted octanol–water partition coefficient (Wildman–Crippen LogP) is 3.83. The standard InChI is InChI=1S/C21H25NO4/c1-16-8-6-7-11-18(16)26-19(17-9-4-3-5-10-17)14-15-22(2)20(23)12-13-21(24)25/h3-11,19H,12-15H2,1-2H3,(H,24,25)/t19-/m1/s1. The topological polar surface area (TPSA) is 66.8 Å². The Morgan fingerprint density at radius 1 is 1.04 bits per heavy atom. The second kappa shape index (κ2) is 9.61. The molecule has 2 rings (SSSR count). The van der Waals surface area contributed by atoms with E-state index in [2.05, 4.69) is 0 Å². The molecule has 0 aliphatic heterocycles. The molecule has 0 saturated heterocycles. The number of para-hydroxylation sites is 1. The maximum atomic E-state index is 12.0. The molecule has 1 atom stereocenters. The fourth-order valence-corrected chi connectivity index (χ4v) is 2.64. The minimum atomic E-state index is -0.961. The van der Waals surface area contributed by atoms with Gasteiger partial charge in [0.25, 0.3) is 0 Å². The zero-order chi connectivity index (χ0) is 18.9. The van der Waals surface area contributed by atoms with Crippen molar-refractivity contribution >= 4 is 11.9 Å². The zero-order valence-corrected chi connectivity index (χ0v) is 15.2. The minimum Gasteiger partial charge on any atom is -0.485 e. The van der Waals surface area contributed by atoms with Gasteiger partial charge in [-0.05, 0) is 24.1 Å². The number of nitrogens with zero attached hydrogens (tertiary/aromatic N) is 1. The van der Waals surface area contributed by atoms with Crippen molar-refractivity contribution in [2.45, 2.75) is 32.3 Å². The Labute approximate surface area is 154 Å². The molecule has 0 unspecified atom stereocenters. The molecule has 0 bridgehead atoms. The van der Waals surface area contributed by atoms with Crippen molar-refractivity contribution in [3.8, 4) is 5.75 Å². The molecule has 26 heavy (non-hydrogen) atoms. The van der Waals surface area contributed by atoms with E-state index in [1.165, 1.54) is 0 Å². The van der Waals surface area contributed by atoms with Crippen LogP contribution in [0.1, 0.15) is 36.5 Å². The second-order valence-corrected chi connectivity index (χ2v) is 6.28. The number of aryl methyl sites for hydroxylation is 1. The van der Waals surface area contributed by atoms with Crippen LogP contribution in [-0.2, 0) is 9.59 Å². The molecule has 138 valence electrons. The average Bonchev–Trinajstić information content (AvgIpc) is 2.65. The Bertz CT molecular complexity index is 730. The highest BCUT2D eigenvalue weighted by Gasteiger charge is 2.17. The summed E-state index contributed by atoms with van der Waals surface area (Å²) < 4.78 is 6.23. The van der Waals surface area contributed by atoms with Crippen LogP contribution in [0, 0.1) is 6.92 Å². The van der Waals surface area contributed by atoms with Crippen molar-refractivity contribution in [2.75, 3.05) is 13.6 Å². The van der Waals surface area contributed by atoms with Crippen LogP contribution in [0.2, 0.25) is 0 Å². The highest BCUT2D eigenvalue weighted by atomic mass is 16.5. The van der Waals surface area contributed by atoms with Crippen molar-refractivity contribution in [1.82, 2.24) is 4.90 Å². The molecule has 0 heterocycles. The predicted molar refractivity (Wildman–Crippen MR) is 100 cm³/mol. The smallest absolute Gasteiger partial charge is 0.303 e. The van der Waals surface area contributed by atoms with Crippen LogP contribution in [0.3, 0.4) is 0 Å². The summed E-state index contributed by atoms with van der Waals surface area (Å²) in [5.74, 6) is -0.312. The van der Waals surface area contributed by atoms with E-state index in [0.29, 0.717) is 13.0 Å². The quantitative estimate of drug-likeness (QED) is 0.742. The first kappa shape index (κ1) is 19.5. The van der Waals surface area contributed by atoms with Crippen molar-refractivity contribution in [1.29, 1.82) is 0 Å². The van der Waals surface area contributed by atoms with Crippen LogP contribution in [0.15, 0.2) is 54.6 Å². The van der Waals surface area contributed by atoms with Gasteiger partial charge in [0.15, 0.2) is 0 Å². The van der Waals surface area contributed by atoms with E-state index >= 15 is 0 Å². The minimum absolute atomic E-state index is 0.0144. The molecular formula is C21H25NO4. The molecule has 0 aromatic heterocycles. The summed E-state index contributed by atoms with van der Waals surface area (Å²) >= 11 is 0. The third kappa shape index (κ3) is 5.92. The van der Waals surface area contributed by atoms with Crippen LogP contribution in [0.25, 0.3) is 0 Å². The van der Waals surface area contributed by atoms with E-state index < -0.39 is 5.97 Å². The lowest BCUT2D eigenvalue weighted by molar-refractivity contribution is -0.140. The van der Waals surface area contributed by atoms with Crippen LogP contribution in [0.4, 0.5) is 0 Å². The molecule has 0 radical (unpaired) electrons. The zero-order valence-electron chi connectivity index (χ0n) is 15.2. The number of aliphatic carboxylic acids is 1. The monoisotopic (exact) mass is 355 g/mol. The summed E-state index contributed by atoms with van der Waals surface area (Å²) in [4.78, 5) is 24.2. The van der Waals surface area contributed by atoms with Crippen molar-refractivity contribution in [3.05, 3.63) is 65.7 Å². The van der Waals surface area contributed by atoms with Gasteiger partial charge >= 0.3 is 5.97 Å². The van der Waals surface area contributed by atoms with Gasteiger partial charge in [-0.15, -0.1) is 0 Å². The van der Waals surface area contributed by atoms with Gasteiger partial charge in [-0.25, -0.2) is 0 Å². The molecule has 0 saturated carbocycles. The third-order valence-electron chi connectivity index (χ3n) is 4.24. The maximum absolute atomic E-state index is 12.0. The summed E-state index contributed by atoms with van der Waals surface area (Å²) in [7, 11) is 1.69. The molecule has 2 aromatic carbocycles. The number of carboxylic acids is 1. The lowest BCUT2D eigenvalue weighted by Crippen LogP contribution is -2.29. The van der Waals surface area contributed by atoms with Gasteiger partial charge < -0.3 is 14.7 Å². The molecule has 1 amide bonds. The maximum Gasteiger partial charge on any atom is 0.303 e. The molecule has 1 N–H and O–H groups in total. The van der Waals surface area contributed by atoms with Crippen LogP contribution >= 0.6 is 0 Å². The van der Waals surface area contributed by atoms with E-state index in [1.807, 2.05) is 61.5 Å². The molecule has 0 aliphatic carbocycles. The van der Waals surface area contributed by atoms with Crippen LogP contribution in [-0.4, -0.2) is 35.5 Å². The van der Waals surface area contributed by atoms with Crippen LogP contribution in [0.5, 0.6) is 5.75 Å². The van der Waals surface area contributed by atoms with Crippen molar-refractivity contribution in [2.24, 2.45) is 0 Å². The van der Waals surface area contributed by atoms with Crippen molar-refractivity contribution in [3.63, 3.8) is 0 Å². The second-order valence-electron chi connectivity index (χ2n) is 6.28. The number of benzene rings is 2. The number of carbonyl (C=O) groups is 2. The number of rotatable bonds is 9. The van der Waals surface area contributed by atoms with Gasteiger partial charge in [-0.2, -0.15) is 0 Å². The van der Waals surface area contributed by atoms with Gasteiger partial charge in [0.2, 0.25) is 5.91 Å². The first-order chi connectivity index (χ1) is 12.5. The Balaban J connectivity index is 2.04. The lowest BCUT2D eigenvalue weighted by Gasteiger charge is -2.24. The van der Waals surface area contributed by atoms with Crippen LogP contribution < -0.4 is 4.74 Å². The van der Waals surface area contributed by atoms with E-state index in [-0.39, 0.29) is 24.9 Å². The molecule has 2 aromatic rings. The normalized spacial score (nSPS) is 11.6. The van der Waals surface area contributed by atoms with Gasteiger partial charge in [0, 0.05) is 26.4 Å². The number of hydrogen-bond acceptors (Lipinski definition) is 3. The van der Waals surface area contributed by atoms with E-state index in [4.69, 9.17) is 9.84 Å². The third-order valence-corrected chi connectivity index (χ3v) is 4.24. The number of hydrogen-bond donors (Lipinski definition) is 1. The lowest BCUT2D eigenvalue weighted by atomic mass is 10.1. The summed E-state index contributed by atoms with van der Waals surface area (Å²) in [6.07, 6.45) is 0.297. The fourth-order valence-electron chi connectivity index (χ4n) is 2.64. The Kier molecular flexibility index (Phi) is 7.21. The first-order valence-corrected chi connectivity index (χ1v) is 8.70. The highest BCUT2D eigenvalue weighted by Crippen LogP contribution is 2.27. The highest BCUT2D eigenvalue weighted by molar-refractivity contribution is 5.80. The molecule has 0 aliphatic rings. The number of carbonyl (C=O) groups excluding carboxylic acids is 1. The van der Waals surface area contributed by atoms with E-state index in [9.17, 15) is 9.59 Å².